The maximum atomic E-state index is 13.4. The van der Waals surface area contributed by atoms with Crippen LogP contribution < -0.4 is 14.8 Å². The summed E-state index contributed by atoms with van der Waals surface area (Å²) >= 11 is 0. The molecule has 2 saturated carbocycles. The Morgan fingerprint density at radius 3 is 2.44 bits per heavy atom. The third kappa shape index (κ3) is 3.97. The van der Waals surface area contributed by atoms with Crippen molar-refractivity contribution in [2.75, 3.05) is 32.8 Å². The highest BCUT2D eigenvalue weighted by Crippen LogP contribution is 2.47. The fourth-order valence-electron chi connectivity index (χ4n) is 6.39. The molecule has 180 valence electrons. The molecule has 6 heteroatoms. The summed E-state index contributed by atoms with van der Waals surface area (Å²) in [6.07, 6.45) is 4.96. The van der Waals surface area contributed by atoms with E-state index in [-0.39, 0.29) is 17.9 Å². The standard InChI is InChI=1S/C28H34N2O4/c31-27(28(32,21-8-4-5-9-21)20-6-2-1-3-7-20)29-26-22-17-30(18-23(22)26)13-12-19-10-11-24-25(16-19)34-15-14-33-24/h1-3,6-7,10-11,16,21-23,26,32H,4-5,8-9,12-15,17-18H2,(H,29,31)/t22-,23?,26?,28?/m0/s1. The summed E-state index contributed by atoms with van der Waals surface area (Å²) in [6.45, 7) is 4.24. The summed E-state index contributed by atoms with van der Waals surface area (Å²) in [5.74, 6) is 2.47. The molecular weight excluding hydrogens is 428 g/mol. The first kappa shape index (κ1) is 21.9. The summed E-state index contributed by atoms with van der Waals surface area (Å²) in [4.78, 5) is 15.9. The van der Waals surface area contributed by atoms with E-state index in [1.54, 1.807) is 0 Å². The highest BCUT2D eigenvalue weighted by molar-refractivity contribution is 5.87. The lowest BCUT2D eigenvalue weighted by Gasteiger charge is -2.33. The minimum Gasteiger partial charge on any atom is -0.486 e. The van der Waals surface area contributed by atoms with Crippen LogP contribution in [0.5, 0.6) is 11.5 Å². The molecule has 2 N–H and O–H groups in total. The molecule has 4 aliphatic rings. The van der Waals surface area contributed by atoms with Crippen LogP contribution in [0.15, 0.2) is 48.5 Å². The molecule has 2 aromatic rings. The smallest absolute Gasteiger partial charge is 0.257 e. The van der Waals surface area contributed by atoms with Crippen molar-refractivity contribution in [2.24, 2.45) is 17.8 Å². The first-order valence-electron chi connectivity index (χ1n) is 12.8. The number of carbonyl (C=O) groups is 1. The van der Waals surface area contributed by atoms with Crippen molar-refractivity contribution in [3.05, 3.63) is 59.7 Å². The van der Waals surface area contributed by atoms with Gasteiger partial charge in [-0.15, -0.1) is 0 Å². The van der Waals surface area contributed by atoms with E-state index < -0.39 is 5.60 Å². The third-order valence-corrected chi connectivity index (χ3v) is 8.40. The van der Waals surface area contributed by atoms with E-state index in [0.717, 1.165) is 68.8 Å². The number of nitrogens with one attached hydrogen (secondary N) is 1. The van der Waals surface area contributed by atoms with E-state index in [2.05, 4.69) is 22.3 Å². The van der Waals surface area contributed by atoms with Crippen LogP contribution >= 0.6 is 0 Å². The largest absolute Gasteiger partial charge is 0.486 e. The molecule has 0 bridgehead atoms. The molecule has 6 rings (SSSR count). The lowest BCUT2D eigenvalue weighted by atomic mass is 9.79. The maximum Gasteiger partial charge on any atom is 0.257 e. The van der Waals surface area contributed by atoms with Gasteiger partial charge in [0.1, 0.15) is 13.2 Å². The molecule has 2 aliphatic heterocycles. The molecule has 4 atom stereocenters. The van der Waals surface area contributed by atoms with E-state index in [1.165, 1.54) is 5.56 Å². The second kappa shape index (κ2) is 8.90. The molecular formula is C28H34N2O4. The predicted octanol–water partition coefficient (Wildman–Crippen LogP) is 3.12. The Hall–Kier alpha value is -2.57. The summed E-state index contributed by atoms with van der Waals surface area (Å²) in [6, 6.07) is 16.0. The molecule has 6 nitrogen and oxygen atoms in total. The molecule has 2 heterocycles. The van der Waals surface area contributed by atoms with Crippen LogP contribution in [0, 0.1) is 17.8 Å². The quantitative estimate of drug-likeness (QED) is 0.662. The van der Waals surface area contributed by atoms with Crippen molar-refractivity contribution in [1.29, 1.82) is 0 Å². The predicted molar refractivity (Wildman–Crippen MR) is 129 cm³/mol. The molecule has 2 aliphatic carbocycles. The topological polar surface area (TPSA) is 71.0 Å². The lowest BCUT2D eigenvalue weighted by Crippen LogP contribution is -2.51. The molecule has 34 heavy (non-hydrogen) atoms. The minimum atomic E-state index is -1.42. The van der Waals surface area contributed by atoms with Gasteiger partial charge in [0.25, 0.3) is 5.91 Å². The van der Waals surface area contributed by atoms with Crippen LogP contribution in [-0.4, -0.2) is 54.8 Å². The van der Waals surface area contributed by atoms with Gasteiger partial charge < -0.3 is 24.8 Å². The Balaban J connectivity index is 1.04. The third-order valence-electron chi connectivity index (χ3n) is 8.40. The Bertz CT molecular complexity index is 1030. The van der Waals surface area contributed by atoms with Gasteiger partial charge in [-0.05, 0) is 54.4 Å². The normalized spacial score (nSPS) is 27.7. The van der Waals surface area contributed by atoms with Crippen molar-refractivity contribution >= 4 is 5.91 Å². The highest BCUT2D eigenvalue weighted by Gasteiger charge is 2.58. The Kier molecular flexibility index (Phi) is 5.74. The zero-order valence-electron chi connectivity index (χ0n) is 19.6. The van der Waals surface area contributed by atoms with Crippen molar-refractivity contribution < 1.29 is 19.4 Å². The van der Waals surface area contributed by atoms with Crippen LogP contribution in [-0.2, 0) is 16.8 Å². The number of amides is 1. The van der Waals surface area contributed by atoms with Gasteiger partial charge in [-0.1, -0.05) is 49.2 Å². The number of aliphatic hydroxyl groups is 1. The number of benzene rings is 2. The number of likely N-dealkylation sites (tertiary alicyclic amines) is 1. The second-order valence-electron chi connectivity index (χ2n) is 10.4. The molecule has 2 aromatic carbocycles. The van der Waals surface area contributed by atoms with Gasteiger partial charge in [-0.25, -0.2) is 0 Å². The van der Waals surface area contributed by atoms with E-state index in [9.17, 15) is 9.90 Å². The second-order valence-corrected chi connectivity index (χ2v) is 10.4. The van der Waals surface area contributed by atoms with Gasteiger partial charge in [0, 0.05) is 31.6 Å². The molecule has 1 amide bonds. The average molecular weight is 463 g/mol. The van der Waals surface area contributed by atoms with Gasteiger partial charge in [-0.2, -0.15) is 0 Å². The monoisotopic (exact) mass is 462 g/mol. The number of hydrogen-bond donors (Lipinski definition) is 2. The SMILES string of the molecule is O=C(NC1C2CN(CCc3ccc4c(c3)OCCO4)C[C@@H]21)C(O)(c1ccccc1)C1CCCC1. The van der Waals surface area contributed by atoms with Crippen molar-refractivity contribution in [1.82, 2.24) is 10.2 Å². The number of ether oxygens (including phenoxy) is 2. The van der Waals surface area contributed by atoms with Crippen LogP contribution in [0.3, 0.4) is 0 Å². The van der Waals surface area contributed by atoms with Crippen molar-refractivity contribution in [3.63, 3.8) is 0 Å². The number of hydrogen-bond acceptors (Lipinski definition) is 5. The van der Waals surface area contributed by atoms with E-state index in [0.29, 0.717) is 25.0 Å². The Labute approximate surface area is 201 Å². The molecule has 0 radical (unpaired) electrons. The number of rotatable bonds is 7. The fraction of sp³-hybridized carbons (Fsp3) is 0.536. The molecule has 1 saturated heterocycles. The first-order chi connectivity index (χ1) is 16.6. The van der Waals surface area contributed by atoms with Gasteiger partial charge in [-0.3, -0.25) is 4.79 Å². The number of fused-ring (bicyclic) bond motifs is 2. The summed E-state index contributed by atoms with van der Waals surface area (Å²) in [5, 5.41) is 15.0. The summed E-state index contributed by atoms with van der Waals surface area (Å²) in [5.41, 5.74) is 0.567. The fourth-order valence-corrected chi connectivity index (χ4v) is 6.39. The van der Waals surface area contributed by atoms with Gasteiger partial charge in [0.05, 0.1) is 0 Å². The summed E-state index contributed by atoms with van der Waals surface area (Å²) < 4.78 is 11.3. The molecule has 0 aromatic heterocycles. The molecule has 3 fully saturated rings. The number of piperidine rings is 1. The van der Waals surface area contributed by atoms with Crippen LogP contribution in [0.25, 0.3) is 0 Å². The Morgan fingerprint density at radius 1 is 1.00 bits per heavy atom. The van der Waals surface area contributed by atoms with E-state index in [1.807, 2.05) is 36.4 Å². The zero-order chi connectivity index (χ0) is 23.1. The van der Waals surface area contributed by atoms with Crippen LogP contribution in [0.2, 0.25) is 0 Å². The molecule has 0 spiro atoms. The maximum absolute atomic E-state index is 13.4. The lowest BCUT2D eigenvalue weighted by molar-refractivity contribution is -0.147. The van der Waals surface area contributed by atoms with E-state index >= 15 is 0 Å². The van der Waals surface area contributed by atoms with E-state index in [4.69, 9.17) is 9.47 Å². The van der Waals surface area contributed by atoms with Crippen molar-refractivity contribution in [3.8, 4) is 11.5 Å². The molecule has 3 unspecified atom stereocenters. The van der Waals surface area contributed by atoms with Crippen LogP contribution in [0.4, 0.5) is 0 Å². The van der Waals surface area contributed by atoms with Gasteiger partial charge in [0.15, 0.2) is 17.1 Å². The van der Waals surface area contributed by atoms with Gasteiger partial charge >= 0.3 is 0 Å². The zero-order valence-corrected chi connectivity index (χ0v) is 19.6. The first-order valence-corrected chi connectivity index (χ1v) is 12.8. The average Bonchev–Trinajstić information content (AvgIpc) is 3.28. The minimum absolute atomic E-state index is 0.00372. The number of nitrogens with zero attached hydrogens (tertiary/aromatic N) is 1. The highest BCUT2D eigenvalue weighted by atomic mass is 16.6. The van der Waals surface area contributed by atoms with Gasteiger partial charge in [0.2, 0.25) is 0 Å². The number of carbonyl (C=O) groups excluding carboxylic acids is 1. The van der Waals surface area contributed by atoms with Crippen LogP contribution in [0.1, 0.15) is 36.8 Å². The summed E-state index contributed by atoms with van der Waals surface area (Å²) in [7, 11) is 0. The van der Waals surface area contributed by atoms with Crippen molar-refractivity contribution in [2.45, 2.75) is 43.7 Å². The Morgan fingerprint density at radius 2 is 1.71 bits per heavy atom.